The number of para-hydroxylation sites is 1. The molecule has 0 spiro atoms. The average Bonchev–Trinajstić information content (AvgIpc) is 3.37. The Hall–Kier alpha value is -8.30. The third-order valence-electron chi connectivity index (χ3n) is 11.8. The zero-order valence-corrected chi connectivity index (χ0v) is 43.3. The van der Waals surface area contributed by atoms with Crippen LogP contribution in [0.4, 0.5) is 56.9 Å². The van der Waals surface area contributed by atoms with Gasteiger partial charge in [-0.2, -0.15) is 47.5 Å². The minimum absolute atomic E-state index is 0.0130. The van der Waals surface area contributed by atoms with E-state index in [4.69, 9.17) is 14.0 Å². The van der Waals surface area contributed by atoms with Crippen molar-refractivity contribution in [3.05, 3.63) is 161 Å². The first kappa shape index (κ1) is 53.0. The summed E-state index contributed by atoms with van der Waals surface area (Å²) in [5, 5.41) is 53.8. The molecule has 0 saturated carbocycles. The molecule has 0 atom stereocenters. The Morgan fingerprint density at radius 1 is 0.427 bits per heavy atom. The molecule has 4 N–H and O–H groups in total. The van der Waals surface area contributed by atoms with Crippen molar-refractivity contribution < 1.29 is 40.5 Å². The Morgan fingerprint density at radius 3 is 1.49 bits per heavy atom. The highest BCUT2D eigenvalue weighted by Gasteiger charge is 2.14. The molecule has 8 aromatic carbocycles. The van der Waals surface area contributed by atoms with E-state index in [2.05, 4.69) is 46.2 Å². The molecule has 0 aliphatic carbocycles. The number of anilines is 2. The number of phenolic OH excluding ortho intramolecular Hbond substituents is 1. The molecule has 8 rings (SSSR count). The van der Waals surface area contributed by atoms with Crippen LogP contribution in [0.25, 0.3) is 21.5 Å². The molecule has 0 radical (unpaired) electrons. The van der Waals surface area contributed by atoms with Gasteiger partial charge in [0.2, 0.25) is 0 Å². The first-order valence-corrected chi connectivity index (χ1v) is 26.9. The van der Waals surface area contributed by atoms with E-state index in [0.29, 0.717) is 62.2 Å². The van der Waals surface area contributed by atoms with Gasteiger partial charge in [-0.25, -0.2) is 0 Å². The van der Waals surface area contributed by atoms with Crippen LogP contribution in [0.5, 0.6) is 17.2 Å². The zero-order chi connectivity index (χ0) is 53.3. The largest absolute Gasteiger partial charge is 0.505 e. The van der Waals surface area contributed by atoms with Gasteiger partial charge in [-0.3, -0.25) is 9.11 Å². The maximum Gasteiger partial charge on any atom is 0.264 e. The Labute approximate surface area is 434 Å². The van der Waals surface area contributed by atoms with E-state index in [0.717, 1.165) is 49.8 Å². The molecule has 0 saturated heterocycles. The summed E-state index contributed by atoms with van der Waals surface area (Å²) < 4.78 is 75.4. The predicted molar refractivity (Wildman–Crippen MR) is 292 cm³/mol. The lowest BCUT2D eigenvalue weighted by atomic mass is 10.1. The minimum Gasteiger partial charge on any atom is -0.505 e. The number of rotatable bonds is 20. The second kappa shape index (κ2) is 23.3. The van der Waals surface area contributed by atoms with Crippen molar-refractivity contribution >= 4 is 98.7 Å². The number of nitrogens with zero attached hydrogens (tertiary/aromatic N) is 8. The molecular formula is C55H53N9O9S2. The lowest BCUT2D eigenvalue weighted by Crippen LogP contribution is -2.08. The second-order valence-electron chi connectivity index (χ2n) is 17.8. The quantitative estimate of drug-likeness (QED) is 0.0319. The van der Waals surface area contributed by atoms with Crippen molar-refractivity contribution in [2.75, 3.05) is 30.0 Å². The lowest BCUT2D eigenvalue weighted by Gasteiger charge is -2.11. The predicted octanol–water partition coefficient (Wildman–Crippen LogP) is 16.0. The molecule has 0 aromatic heterocycles. The molecule has 18 nitrogen and oxygen atoms in total. The molecule has 20 heteroatoms. The summed E-state index contributed by atoms with van der Waals surface area (Å²) in [6.07, 6.45) is 0.144. The average molecular weight is 1050 g/mol. The standard InChI is InChI=1S/C55H53N9O9S2/c1-34-27-49(35(2)26-47(34)59-57-43-18-16-39-12-9-15-53(45(39)32-43)72-22-10-24-74(66,67)68)61-63-51-33-54(73-23-11-25-75(69,70)71)52(30-38(51)5)64-62-50-29-36(3)48(28-37(50)4)60-58-46-21-17-40-31-42(19-20-44(40)55(46)65)56-41-13-7-6-8-14-41/h6-9,12-21,26-33,56,65H,10-11,22-25H2,1-5H3,(H,66,67,68)(H,69,70,71). The number of fused-ring (bicyclic) bond motifs is 2. The summed E-state index contributed by atoms with van der Waals surface area (Å²) in [7, 11) is -8.29. The van der Waals surface area contributed by atoms with Gasteiger partial charge in [0, 0.05) is 28.2 Å². The van der Waals surface area contributed by atoms with Crippen molar-refractivity contribution in [2.24, 2.45) is 40.9 Å². The molecule has 0 aliphatic rings. The van der Waals surface area contributed by atoms with Crippen LogP contribution in [0, 0.1) is 34.6 Å². The summed E-state index contributed by atoms with van der Waals surface area (Å²) >= 11 is 0. The number of azo groups is 4. The highest BCUT2D eigenvalue weighted by molar-refractivity contribution is 7.86. The van der Waals surface area contributed by atoms with E-state index in [1.54, 1.807) is 24.3 Å². The van der Waals surface area contributed by atoms with Crippen LogP contribution in [0.2, 0.25) is 0 Å². The molecule has 0 unspecified atom stereocenters. The summed E-state index contributed by atoms with van der Waals surface area (Å²) in [5.74, 6) is -0.0605. The molecule has 0 bridgehead atoms. The minimum atomic E-state index is -4.21. The first-order chi connectivity index (χ1) is 35.9. The molecule has 8 aromatic rings. The van der Waals surface area contributed by atoms with Gasteiger partial charge < -0.3 is 19.9 Å². The third kappa shape index (κ3) is 14.3. The van der Waals surface area contributed by atoms with Crippen LogP contribution < -0.4 is 14.8 Å². The number of hydrogen-bond donors (Lipinski definition) is 4. The third-order valence-corrected chi connectivity index (χ3v) is 13.5. The van der Waals surface area contributed by atoms with Crippen LogP contribution in [0.15, 0.2) is 174 Å². The second-order valence-corrected chi connectivity index (χ2v) is 20.9. The number of nitrogens with one attached hydrogen (secondary N) is 1. The monoisotopic (exact) mass is 1050 g/mol. The van der Waals surface area contributed by atoms with E-state index in [-0.39, 0.29) is 37.6 Å². The van der Waals surface area contributed by atoms with Gasteiger partial charge in [0.05, 0.1) is 58.8 Å². The van der Waals surface area contributed by atoms with Crippen LogP contribution in [-0.2, 0) is 20.2 Å². The van der Waals surface area contributed by atoms with Crippen molar-refractivity contribution in [3.8, 4) is 17.2 Å². The highest BCUT2D eigenvalue weighted by atomic mass is 32.2. The van der Waals surface area contributed by atoms with Crippen molar-refractivity contribution in [1.29, 1.82) is 0 Å². The molecule has 0 fully saturated rings. The van der Waals surface area contributed by atoms with Crippen molar-refractivity contribution in [2.45, 2.75) is 47.5 Å². The summed E-state index contributed by atoms with van der Waals surface area (Å²) in [4.78, 5) is 0. The summed E-state index contributed by atoms with van der Waals surface area (Å²) in [6.45, 7) is 9.38. The van der Waals surface area contributed by atoms with Crippen molar-refractivity contribution in [1.82, 2.24) is 0 Å². The van der Waals surface area contributed by atoms with Crippen LogP contribution in [0.1, 0.15) is 40.7 Å². The van der Waals surface area contributed by atoms with E-state index in [1.165, 1.54) is 0 Å². The van der Waals surface area contributed by atoms with E-state index < -0.39 is 31.7 Å². The molecular weight excluding hydrogens is 995 g/mol. The van der Waals surface area contributed by atoms with Crippen LogP contribution in [0.3, 0.4) is 0 Å². The Bertz CT molecular complexity index is 3800. The van der Waals surface area contributed by atoms with Gasteiger partial charge in [-0.15, -0.1) is 10.2 Å². The molecule has 0 heterocycles. The lowest BCUT2D eigenvalue weighted by molar-refractivity contribution is 0.317. The van der Waals surface area contributed by atoms with Gasteiger partial charge in [-0.05, 0) is 171 Å². The van der Waals surface area contributed by atoms with Gasteiger partial charge >= 0.3 is 0 Å². The van der Waals surface area contributed by atoms with Gasteiger partial charge in [0.1, 0.15) is 22.9 Å². The van der Waals surface area contributed by atoms with Gasteiger partial charge in [-0.1, -0.05) is 42.5 Å². The summed E-state index contributed by atoms with van der Waals surface area (Å²) in [6, 6.07) is 41.0. The van der Waals surface area contributed by atoms with Crippen molar-refractivity contribution in [3.63, 3.8) is 0 Å². The maximum atomic E-state index is 11.5. The molecule has 0 amide bonds. The van der Waals surface area contributed by atoms with Crippen LogP contribution >= 0.6 is 0 Å². The number of benzene rings is 8. The van der Waals surface area contributed by atoms with E-state index in [1.807, 2.05) is 144 Å². The number of hydrogen-bond acceptors (Lipinski definition) is 16. The Balaban J connectivity index is 0.981. The Kier molecular flexibility index (Phi) is 16.5. The fourth-order valence-corrected chi connectivity index (χ4v) is 8.78. The number of aromatic hydroxyl groups is 1. The topological polar surface area (TPSA) is 258 Å². The normalized spacial score (nSPS) is 12.3. The molecule has 384 valence electrons. The summed E-state index contributed by atoms with van der Waals surface area (Å²) in [5.41, 5.74) is 9.63. The SMILES string of the molecule is Cc1cc(N=Nc2cc(OCCCS(=O)(=O)O)c(N=Nc3cc(C)c(N=Nc4ccc5cc(Nc6ccccc6)ccc5c4O)cc3C)cc2C)c(C)cc1N=Nc1ccc2cccc(OCCCS(=O)(=O)O)c2c1. The fourth-order valence-electron chi connectivity index (χ4n) is 7.82. The highest BCUT2D eigenvalue weighted by Crippen LogP contribution is 2.41. The zero-order valence-electron chi connectivity index (χ0n) is 41.6. The number of phenols is 1. The van der Waals surface area contributed by atoms with Gasteiger partial charge in [0.15, 0.2) is 5.75 Å². The van der Waals surface area contributed by atoms with Crippen LogP contribution in [-0.4, -0.2) is 55.8 Å². The maximum absolute atomic E-state index is 11.5. The number of aryl methyl sites for hydroxylation is 5. The van der Waals surface area contributed by atoms with E-state index >= 15 is 0 Å². The molecule has 0 aliphatic heterocycles. The fraction of sp³-hybridized carbons (Fsp3) is 0.200. The molecule has 75 heavy (non-hydrogen) atoms. The smallest absolute Gasteiger partial charge is 0.264 e. The van der Waals surface area contributed by atoms with Gasteiger partial charge in [0.25, 0.3) is 20.2 Å². The Morgan fingerprint density at radius 2 is 0.920 bits per heavy atom. The van der Waals surface area contributed by atoms with E-state index in [9.17, 15) is 26.5 Å². The number of ether oxygens (including phenoxy) is 2. The first-order valence-electron chi connectivity index (χ1n) is 23.7.